The first-order valence-electron chi connectivity index (χ1n) is 5.43. The number of carbonyl (C=O) groups excluding carboxylic acids is 1. The number of nitrogens with zero attached hydrogens (tertiary/aromatic N) is 2. The number of benzene rings is 1. The number of aromatic nitrogens is 1. The van der Waals surface area contributed by atoms with Gasteiger partial charge in [0.25, 0.3) is 5.69 Å². The Labute approximate surface area is 117 Å². The van der Waals surface area contributed by atoms with Gasteiger partial charge in [-0.15, -0.1) is 0 Å². The molecule has 0 aliphatic rings. The quantitative estimate of drug-likeness (QED) is 0.492. The molecule has 0 aliphatic carbocycles. The fourth-order valence-corrected chi connectivity index (χ4v) is 2.11. The van der Waals surface area contributed by atoms with Crippen molar-refractivity contribution in [3.8, 4) is 0 Å². The van der Waals surface area contributed by atoms with Crippen LogP contribution in [0, 0.1) is 10.1 Å². The molecule has 0 N–H and O–H groups in total. The third kappa shape index (κ3) is 3.45. The van der Waals surface area contributed by atoms with Crippen molar-refractivity contribution in [3.63, 3.8) is 0 Å². The minimum atomic E-state index is -0.520. The molecule has 96 valence electrons. The highest BCUT2D eigenvalue weighted by atomic mass is 79.9. The van der Waals surface area contributed by atoms with Crippen LogP contribution in [0.4, 0.5) is 5.69 Å². The second-order valence-corrected chi connectivity index (χ2v) is 4.83. The Kier molecular flexibility index (Phi) is 4.01. The fraction of sp³-hybridized carbons (Fsp3) is 0.0769. The van der Waals surface area contributed by atoms with Gasteiger partial charge >= 0.3 is 0 Å². The molecule has 5 nitrogen and oxygen atoms in total. The molecule has 0 amide bonds. The standard InChI is InChI=1S/C13H9BrN2O3/c14-11-6-10(7-12(8-11)16(18)19)13(17)5-9-1-3-15-4-2-9/h1-4,6-8H,5H2. The second kappa shape index (κ2) is 5.71. The maximum absolute atomic E-state index is 12.1. The molecule has 0 saturated carbocycles. The highest BCUT2D eigenvalue weighted by molar-refractivity contribution is 9.10. The van der Waals surface area contributed by atoms with Crippen LogP contribution in [0.2, 0.25) is 0 Å². The molecule has 0 saturated heterocycles. The van der Waals surface area contributed by atoms with E-state index in [1.54, 1.807) is 30.6 Å². The van der Waals surface area contributed by atoms with Crippen LogP contribution in [0.1, 0.15) is 15.9 Å². The van der Waals surface area contributed by atoms with Crippen molar-refractivity contribution >= 4 is 27.4 Å². The first kappa shape index (κ1) is 13.4. The molecular formula is C13H9BrN2O3. The van der Waals surface area contributed by atoms with Gasteiger partial charge in [0.15, 0.2) is 5.78 Å². The van der Waals surface area contributed by atoms with Crippen molar-refractivity contribution in [1.82, 2.24) is 4.98 Å². The van der Waals surface area contributed by atoms with Crippen LogP contribution < -0.4 is 0 Å². The first-order chi connectivity index (χ1) is 9.06. The zero-order valence-corrected chi connectivity index (χ0v) is 11.3. The molecule has 0 aliphatic heterocycles. The van der Waals surface area contributed by atoms with E-state index in [0.29, 0.717) is 10.0 Å². The minimum Gasteiger partial charge on any atom is -0.294 e. The Morgan fingerprint density at radius 2 is 1.95 bits per heavy atom. The van der Waals surface area contributed by atoms with Gasteiger partial charge < -0.3 is 0 Å². The summed E-state index contributed by atoms with van der Waals surface area (Å²) in [5.41, 5.74) is 1.04. The summed E-state index contributed by atoms with van der Waals surface area (Å²) < 4.78 is 0.514. The van der Waals surface area contributed by atoms with Gasteiger partial charge in [-0.25, -0.2) is 0 Å². The molecule has 1 heterocycles. The van der Waals surface area contributed by atoms with E-state index in [1.165, 1.54) is 12.1 Å². The molecule has 0 unspecified atom stereocenters. The van der Waals surface area contributed by atoms with Crippen molar-refractivity contribution in [1.29, 1.82) is 0 Å². The smallest absolute Gasteiger partial charge is 0.271 e. The molecule has 0 fully saturated rings. The summed E-state index contributed by atoms with van der Waals surface area (Å²) in [5.74, 6) is -0.171. The van der Waals surface area contributed by atoms with Gasteiger partial charge in [0.2, 0.25) is 0 Å². The van der Waals surface area contributed by atoms with Crippen LogP contribution in [-0.2, 0) is 6.42 Å². The maximum atomic E-state index is 12.1. The van der Waals surface area contributed by atoms with Gasteiger partial charge in [-0.05, 0) is 23.8 Å². The molecular weight excluding hydrogens is 312 g/mol. The van der Waals surface area contributed by atoms with E-state index >= 15 is 0 Å². The highest BCUT2D eigenvalue weighted by Crippen LogP contribution is 2.22. The molecule has 6 heteroatoms. The van der Waals surface area contributed by atoms with Crippen LogP contribution >= 0.6 is 15.9 Å². The van der Waals surface area contributed by atoms with E-state index in [9.17, 15) is 14.9 Å². The van der Waals surface area contributed by atoms with E-state index in [1.807, 2.05) is 0 Å². The summed E-state index contributed by atoms with van der Waals surface area (Å²) in [6.45, 7) is 0. The molecule has 1 aromatic heterocycles. The zero-order valence-electron chi connectivity index (χ0n) is 9.75. The van der Waals surface area contributed by atoms with Crippen LogP contribution in [0.3, 0.4) is 0 Å². The Bertz CT molecular complexity index is 629. The number of rotatable bonds is 4. The van der Waals surface area contributed by atoms with E-state index in [-0.39, 0.29) is 17.9 Å². The average Bonchev–Trinajstić information content (AvgIpc) is 2.39. The molecule has 2 aromatic rings. The van der Waals surface area contributed by atoms with E-state index in [2.05, 4.69) is 20.9 Å². The molecule has 0 atom stereocenters. The molecule has 2 rings (SSSR count). The summed E-state index contributed by atoms with van der Waals surface area (Å²) in [6, 6.07) is 7.71. The lowest BCUT2D eigenvalue weighted by Crippen LogP contribution is -2.04. The van der Waals surface area contributed by atoms with E-state index < -0.39 is 4.92 Å². The summed E-state index contributed by atoms with van der Waals surface area (Å²) in [4.78, 5) is 26.2. The fourth-order valence-electron chi connectivity index (χ4n) is 1.63. The Morgan fingerprint density at radius 3 is 2.58 bits per heavy atom. The van der Waals surface area contributed by atoms with Crippen LogP contribution in [-0.4, -0.2) is 15.7 Å². The lowest BCUT2D eigenvalue weighted by molar-refractivity contribution is -0.385. The van der Waals surface area contributed by atoms with Crippen molar-refractivity contribution in [2.75, 3.05) is 0 Å². The van der Waals surface area contributed by atoms with Crippen LogP contribution in [0.25, 0.3) is 0 Å². The summed E-state index contributed by atoms with van der Waals surface area (Å²) in [5, 5.41) is 10.8. The maximum Gasteiger partial charge on any atom is 0.271 e. The lowest BCUT2D eigenvalue weighted by atomic mass is 10.0. The van der Waals surface area contributed by atoms with Gasteiger partial charge in [0.1, 0.15) is 0 Å². The van der Waals surface area contributed by atoms with Crippen molar-refractivity contribution < 1.29 is 9.72 Å². The number of non-ortho nitro benzene ring substituents is 1. The van der Waals surface area contributed by atoms with Crippen LogP contribution in [0.5, 0.6) is 0 Å². The number of hydrogen-bond acceptors (Lipinski definition) is 4. The number of ketones is 1. The SMILES string of the molecule is O=C(Cc1ccncc1)c1cc(Br)cc([N+](=O)[O-])c1. The van der Waals surface area contributed by atoms with Crippen molar-refractivity contribution in [2.45, 2.75) is 6.42 Å². The number of carbonyl (C=O) groups is 1. The summed E-state index contributed by atoms with van der Waals surface area (Å²) in [7, 11) is 0. The number of pyridine rings is 1. The normalized spacial score (nSPS) is 10.2. The third-order valence-electron chi connectivity index (χ3n) is 2.53. The topological polar surface area (TPSA) is 73.1 Å². The Morgan fingerprint density at radius 1 is 1.26 bits per heavy atom. The number of halogens is 1. The molecule has 1 aromatic carbocycles. The van der Waals surface area contributed by atoms with Gasteiger partial charge in [0.05, 0.1) is 4.92 Å². The highest BCUT2D eigenvalue weighted by Gasteiger charge is 2.14. The molecule has 19 heavy (non-hydrogen) atoms. The number of hydrogen-bond donors (Lipinski definition) is 0. The van der Waals surface area contributed by atoms with Crippen molar-refractivity contribution in [3.05, 3.63) is 68.4 Å². The Hall–Kier alpha value is -2.08. The summed E-state index contributed by atoms with van der Waals surface area (Å²) >= 11 is 3.17. The van der Waals surface area contributed by atoms with Gasteiger partial charge in [0, 0.05) is 41.0 Å². The van der Waals surface area contributed by atoms with Gasteiger partial charge in [-0.3, -0.25) is 19.9 Å². The first-order valence-corrected chi connectivity index (χ1v) is 6.22. The molecule has 0 bridgehead atoms. The zero-order chi connectivity index (χ0) is 13.8. The second-order valence-electron chi connectivity index (χ2n) is 3.91. The molecule has 0 radical (unpaired) electrons. The minimum absolute atomic E-state index is 0.104. The van der Waals surface area contributed by atoms with Gasteiger partial charge in [-0.2, -0.15) is 0 Å². The predicted octanol–water partition coefficient (Wildman–Crippen LogP) is 3.18. The number of nitro groups is 1. The van der Waals surface area contributed by atoms with Crippen molar-refractivity contribution in [2.24, 2.45) is 0 Å². The summed E-state index contributed by atoms with van der Waals surface area (Å²) in [6.07, 6.45) is 3.40. The molecule has 0 spiro atoms. The largest absolute Gasteiger partial charge is 0.294 e. The number of Topliss-reactive ketones (excluding diaryl/α,β-unsaturated/α-hetero) is 1. The Balaban J connectivity index is 2.26. The van der Waals surface area contributed by atoms with E-state index in [4.69, 9.17) is 0 Å². The van der Waals surface area contributed by atoms with E-state index in [0.717, 1.165) is 5.56 Å². The monoisotopic (exact) mass is 320 g/mol. The van der Waals surface area contributed by atoms with Gasteiger partial charge in [-0.1, -0.05) is 15.9 Å². The third-order valence-corrected chi connectivity index (χ3v) is 2.99. The average molecular weight is 321 g/mol. The predicted molar refractivity (Wildman–Crippen MR) is 73.1 cm³/mol. The van der Waals surface area contributed by atoms with Crippen LogP contribution in [0.15, 0.2) is 47.2 Å². The number of nitro benzene ring substituents is 1. The lowest BCUT2D eigenvalue weighted by Gasteiger charge is -2.02.